The van der Waals surface area contributed by atoms with Gasteiger partial charge in [0, 0.05) is 56.3 Å². The Kier molecular flexibility index (Phi) is 6.07. The molecule has 6 nitrogen and oxygen atoms in total. The molecule has 1 amide bonds. The molecule has 0 aliphatic carbocycles. The Balaban J connectivity index is 1.48. The van der Waals surface area contributed by atoms with Gasteiger partial charge in [0.1, 0.15) is 0 Å². The van der Waals surface area contributed by atoms with Crippen molar-refractivity contribution in [3.8, 4) is 11.3 Å². The summed E-state index contributed by atoms with van der Waals surface area (Å²) in [5.41, 5.74) is 2.88. The number of H-pyrrole nitrogens is 1. The third-order valence-corrected chi connectivity index (χ3v) is 4.83. The lowest BCUT2D eigenvalue weighted by atomic mass is 10.1. The third kappa shape index (κ3) is 5.04. The number of carbonyl (C=O) groups is 1. The lowest BCUT2D eigenvalue weighted by molar-refractivity contribution is -0.121. The van der Waals surface area contributed by atoms with Gasteiger partial charge in [-0.15, -0.1) is 0 Å². The third-order valence-electron chi connectivity index (χ3n) is 4.58. The van der Waals surface area contributed by atoms with Crippen LogP contribution in [0.2, 0.25) is 5.02 Å². The van der Waals surface area contributed by atoms with E-state index in [1.54, 1.807) is 6.20 Å². The summed E-state index contributed by atoms with van der Waals surface area (Å²) >= 11 is 5.93. The van der Waals surface area contributed by atoms with Crippen molar-refractivity contribution in [1.82, 2.24) is 25.3 Å². The Hall–Kier alpha value is -1.89. The molecular weight excluding hydrogens is 338 g/mol. The van der Waals surface area contributed by atoms with Crippen LogP contribution in [0.15, 0.2) is 30.5 Å². The second-order valence-electron chi connectivity index (χ2n) is 6.45. The number of benzene rings is 1. The molecule has 25 heavy (non-hydrogen) atoms. The number of rotatable bonds is 6. The van der Waals surface area contributed by atoms with Crippen LogP contribution in [-0.2, 0) is 11.3 Å². The molecule has 0 spiro atoms. The van der Waals surface area contributed by atoms with E-state index in [2.05, 4.69) is 32.4 Å². The minimum atomic E-state index is 0.0715. The van der Waals surface area contributed by atoms with Crippen LogP contribution in [0.3, 0.4) is 0 Å². The van der Waals surface area contributed by atoms with E-state index in [9.17, 15) is 4.79 Å². The van der Waals surface area contributed by atoms with Crippen molar-refractivity contribution in [3.05, 3.63) is 41.0 Å². The summed E-state index contributed by atoms with van der Waals surface area (Å²) in [7, 11) is 2.13. The van der Waals surface area contributed by atoms with Crippen LogP contribution < -0.4 is 5.32 Å². The smallest absolute Gasteiger partial charge is 0.221 e. The molecule has 7 heteroatoms. The number of nitrogens with zero attached hydrogens (tertiary/aromatic N) is 3. The van der Waals surface area contributed by atoms with Gasteiger partial charge in [-0.2, -0.15) is 5.10 Å². The van der Waals surface area contributed by atoms with Gasteiger partial charge in [0.25, 0.3) is 0 Å². The van der Waals surface area contributed by atoms with Crippen molar-refractivity contribution in [2.75, 3.05) is 39.8 Å². The molecule has 0 bridgehead atoms. The maximum absolute atomic E-state index is 12.1. The van der Waals surface area contributed by atoms with Crippen LogP contribution in [0, 0.1) is 0 Å². The summed E-state index contributed by atoms with van der Waals surface area (Å²) < 4.78 is 0. The number of likely N-dealkylation sites (N-methyl/N-ethyl adjacent to an activating group) is 1. The highest BCUT2D eigenvalue weighted by Gasteiger charge is 2.15. The molecule has 1 aromatic carbocycles. The number of piperazine rings is 1. The number of hydrogen-bond donors (Lipinski definition) is 2. The zero-order chi connectivity index (χ0) is 17.6. The van der Waals surface area contributed by atoms with Crippen LogP contribution >= 0.6 is 11.6 Å². The van der Waals surface area contributed by atoms with E-state index in [1.807, 2.05) is 24.3 Å². The summed E-state index contributed by atoms with van der Waals surface area (Å²) in [6.45, 7) is 5.49. The lowest BCUT2D eigenvalue weighted by Crippen LogP contribution is -2.45. The summed E-state index contributed by atoms with van der Waals surface area (Å²) in [6, 6.07) is 7.56. The summed E-state index contributed by atoms with van der Waals surface area (Å²) in [4.78, 5) is 16.8. The molecule has 0 saturated carbocycles. The van der Waals surface area contributed by atoms with Gasteiger partial charge in [0.05, 0.1) is 11.9 Å². The van der Waals surface area contributed by atoms with Crippen molar-refractivity contribution >= 4 is 17.5 Å². The predicted octanol–water partition coefficient (Wildman–Crippen LogP) is 1.98. The van der Waals surface area contributed by atoms with Crippen molar-refractivity contribution < 1.29 is 4.79 Å². The monoisotopic (exact) mass is 361 g/mol. The number of amides is 1. The average molecular weight is 362 g/mol. The van der Waals surface area contributed by atoms with E-state index in [0.29, 0.717) is 18.0 Å². The largest absolute Gasteiger partial charge is 0.352 e. The lowest BCUT2D eigenvalue weighted by Gasteiger charge is -2.32. The molecule has 2 heterocycles. The quantitative estimate of drug-likeness (QED) is 0.825. The fraction of sp³-hybridized carbons (Fsp3) is 0.444. The number of aromatic amines is 1. The summed E-state index contributed by atoms with van der Waals surface area (Å²) in [5, 5.41) is 10.8. The second kappa shape index (κ2) is 8.47. The van der Waals surface area contributed by atoms with Gasteiger partial charge in [-0.05, 0) is 24.7 Å². The standard InChI is InChI=1S/C18H24ClN5O/c1-23-8-10-24(11-9-23)7-6-17(25)20-12-15-13-21-22-18(15)14-2-4-16(19)5-3-14/h2-5,13H,6-12H2,1H3,(H,20,25)(H,21,22). The molecular formula is C18H24ClN5O. The van der Waals surface area contributed by atoms with E-state index in [1.165, 1.54) is 0 Å². The molecule has 0 unspecified atom stereocenters. The molecule has 2 aromatic rings. The highest BCUT2D eigenvalue weighted by molar-refractivity contribution is 6.30. The van der Waals surface area contributed by atoms with Crippen LogP contribution in [0.1, 0.15) is 12.0 Å². The van der Waals surface area contributed by atoms with Gasteiger partial charge in [-0.3, -0.25) is 9.89 Å². The van der Waals surface area contributed by atoms with Crippen LogP contribution in [-0.4, -0.2) is 65.7 Å². The Morgan fingerprint density at radius 1 is 1.24 bits per heavy atom. The summed E-state index contributed by atoms with van der Waals surface area (Å²) in [6.07, 6.45) is 2.28. The van der Waals surface area contributed by atoms with E-state index in [4.69, 9.17) is 11.6 Å². The molecule has 2 N–H and O–H groups in total. The maximum Gasteiger partial charge on any atom is 0.221 e. The molecule has 1 aliphatic rings. The Morgan fingerprint density at radius 3 is 2.68 bits per heavy atom. The van der Waals surface area contributed by atoms with E-state index < -0.39 is 0 Å². The molecule has 3 rings (SSSR count). The number of nitrogens with one attached hydrogen (secondary N) is 2. The topological polar surface area (TPSA) is 64.3 Å². The highest BCUT2D eigenvalue weighted by Crippen LogP contribution is 2.22. The fourth-order valence-corrected chi connectivity index (χ4v) is 3.05. The molecule has 1 fully saturated rings. The minimum Gasteiger partial charge on any atom is -0.352 e. The van der Waals surface area contributed by atoms with Crippen molar-refractivity contribution in [1.29, 1.82) is 0 Å². The van der Waals surface area contributed by atoms with Gasteiger partial charge in [-0.1, -0.05) is 23.7 Å². The Morgan fingerprint density at radius 2 is 1.96 bits per heavy atom. The van der Waals surface area contributed by atoms with Gasteiger partial charge < -0.3 is 15.1 Å². The van der Waals surface area contributed by atoms with E-state index in [-0.39, 0.29) is 5.91 Å². The SMILES string of the molecule is CN1CCN(CCC(=O)NCc2cn[nH]c2-c2ccc(Cl)cc2)CC1. The first-order valence-corrected chi connectivity index (χ1v) is 8.95. The van der Waals surface area contributed by atoms with E-state index in [0.717, 1.165) is 49.5 Å². The number of hydrogen-bond acceptors (Lipinski definition) is 4. The zero-order valence-electron chi connectivity index (χ0n) is 14.5. The summed E-state index contributed by atoms with van der Waals surface area (Å²) in [5.74, 6) is 0.0715. The molecule has 0 radical (unpaired) electrons. The van der Waals surface area contributed by atoms with Gasteiger partial charge in [0.2, 0.25) is 5.91 Å². The number of carbonyl (C=O) groups excluding carboxylic acids is 1. The minimum absolute atomic E-state index is 0.0715. The molecule has 134 valence electrons. The average Bonchev–Trinajstić information content (AvgIpc) is 3.09. The predicted molar refractivity (Wildman–Crippen MR) is 99.4 cm³/mol. The highest BCUT2D eigenvalue weighted by atomic mass is 35.5. The van der Waals surface area contributed by atoms with Gasteiger partial charge in [0.15, 0.2) is 0 Å². The maximum atomic E-state index is 12.1. The molecule has 1 saturated heterocycles. The van der Waals surface area contributed by atoms with E-state index >= 15 is 0 Å². The second-order valence-corrected chi connectivity index (χ2v) is 6.89. The first-order valence-electron chi connectivity index (χ1n) is 8.57. The molecule has 1 aromatic heterocycles. The first-order chi connectivity index (χ1) is 12.1. The van der Waals surface area contributed by atoms with Crippen LogP contribution in [0.4, 0.5) is 0 Å². The Bertz CT molecular complexity index is 692. The molecule has 0 atom stereocenters. The van der Waals surface area contributed by atoms with Gasteiger partial charge >= 0.3 is 0 Å². The van der Waals surface area contributed by atoms with Crippen molar-refractivity contribution in [3.63, 3.8) is 0 Å². The fourth-order valence-electron chi connectivity index (χ4n) is 2.92. The molecule has 1 aliphatic heterocycles. The van der Waals surface area contributed by atoms with Gasteiger partial charge in [-0.25, -0.2) is 0 Å². The van der Waals surface area contributed by atoms with Crippen LogP contribution in [0.25, 0.3) is 11.3 Å². The van der Waals surface area contributed by atoms with Crippen molar-refractivity contribution in [2.45, 2.75) is 13.0 Å². The number of halogens is 1. The number of aromatic nitrogens is 2. The van der Waals surface area contributed by atoms with Crippen molar-refractivity contribution in [2.24, 2.45) is 0 Å². The zero-order valence-corrected chi connectivity index (χ0v) is 15.2. The normalized spacial score (nSPS) is 16.1. The Labute approximate surface area is 153 Å². The van der Waals surface area contributed by atoms with Crippen LogP contribution in [0.5, 0.6) is 0 Å². The first kappa shape index (κ1) is 17.9.